The van der Waals surface area contributed by atoms with Gasteiger partial charge in [-0.3, -0.25) is 0 Å². The molecule has 0 unspecified atom stereocenters. The normalized spacial score (nSPS) is 14.2. The second-order valence-electron chi connectivity index (χ2n) is 21.9. The molecule has 0 fully saturated rings. The Morgan fingerprint density at radius 1 is 0.603 bits per heavy atom. The molecule has 9 aromatic rings. The quantitative estimate of drug-likeness (QED) is 0.175. The fraction of sp³-hybridized carbons (Fsp3) is 0.254. The highest BCUT2D eigenvalue weighted by molar-refractivity contribution is 7.22. The van der Waals surface area contributed by atoms with E-state index in [0.717, 1.165) is 18.7 Å². The van der Waals surface area contributed by atoms with Gasteiger partial charge in [0.1, 0.15) is 0 Å². The number of hydrogen-bond acceptors (Lipinski definition) is 2. The van der Waals surface area contributed by atoms with Crippen molar-refractivity contribution >= 4 is 72.8 Å². The van der Waals surface area contributed by atoms with Crippen molar-refractivity contribution in [2.75, 3.05) is 5.32 Å². The van der Waals surface area contributed by atoms with Gasteiger partial charge in [-0.2, -0.15) is 0 Å². The van der Waals surface area contributed by atoms with Gasteiger partial charge in [-0.1, -0.05) is 167 Å². The molecule has 0 atom stereocenters. The predicted octanol–water partition coefficient (Wildman–Crippen LogP) is 15.0. The monoisotopic (exact) mass is 836 g/mol. The first-order chi connectivity index (χ1) is 29.9. The van der Waals surface area contributed by atoms with Crippen molar-refractivity contribution in [2.24, 2.45) is 0 Å². The molecule has 2 nitrogen and oxygen atoms in total. The van der Waals surface area contributed by atoms with Crippen molar-refractivity contribution < 1.29 is 0 Å². The molecule has 4 heteroatoms. The SMILES string of the molecule is CC(C)(C)c1ccc(Nc2ccc(C(C)(C)C)cc2-c2c3c(c4c5cc(C(C)(C)C)ccc5n5c4c2Bc2cc4cc(-c6ccccc6)sc4cc2-5)-c2ccccc2C3(C)C)cc1. The number of anilines is 2. The van der Waals surface area contributed by atoms with Gasteiger partial charge in [-0.05, 0) is 126 Å². The Labute approximate surface area is 378 Å². The van der Waals surface area contributed by atoms with E-state index in [1.807, 2.05) is 11.3 Å². The first-order valence-corrected chi connectivity index (χ1v) is 23.6. The van der Waals surface area contributed by atoms with Gasteiger partial charge in [-0.15, -0.1) is 11.3 Å². The van der Waals surface area contributed by atoms with Crippen LogP contribution in [0.1, 0.15) is 104 Å². The maximum absolute atomic E-state index is 4.01. The molecule has 2 aromatic heterocycles. The Kier molecular flexibility index (Phi) is 8.62. The molecule has 0 saturated carbocycles. The summed E-state index contributed by atoms with van der Waals surface area (Å²) >= 11 is 1.91. The van der Waals surface area contributed by atoms with E-state index in [4.69, 9.17) is 0 Å². The molecule has 312 valence electrons. The lowest BCUT2D eigenvalue weighted by Gasteiger charge is -2.31. The molecular weight excluding hydrogens is 780 g/mol. The largest absolute Gasteiger partial charge is 0.355 e. The van der Waals surface area contributed by atoms with Crippen LogP contribution in [-0.4, -0.2) is 11.8 Å². The van der Waals surface area contributed by atoms with Crippen LogP contribution in [0.25, 0.3) is 70.3 Å². The molecule has 3 heterocycles. The lowest BCUT2D eigenvalue weighted by atomic mass is 9.57. The van der Waals surface area contributed by atoms with Crippen LogP contribution in [0.2, 0.25) is 0 Å². The minimum atomic E-state index is -0.256. The third-order valence-electron chi connectivity index (χ3n) is 14.2. The minimum absolute atomic E-state index is 0.000156. The van der Waals surface area contributed by atoms with Crippen LogP contribution in [0, 0.1) is 0 Å². The number of fused-ring (bicyclic) bond motifs is 10. The number of hydrogen-bond donors (Lipinski definition) is 1. The zero-order valence-electron chi connectivity index (χ0n) is 38.8. The van der Waals surface area contributed by atoms with E-state index in [-0.39, 0.29) is 21.7 Å². The summed E-state index contributed by atoms with van der Waals surface area (Å²) in [5.41, 5.74) is 22.3. The maximum Gasteiger partial charge on any atom is 0.198 e. The van der Waals surface area contributed by atoms with Gasteiger partial charge < -0.3 is 9.88 Å². The van der Waals surface area contributed by atoms with Gasteiger partial charge in [0.25, 0.3) is 0 Å². The van der Waals surface area contributed by atoms with Crippen LogP contribution in [0.5, 0.6) is 0 Å². The fourth-order valence-electron chi connectivity index (χ4n) is 10.8. The lowest BCUT2D eigenvalue weighted by molar-refractivity contribution is 0.590. The van der Waals surface area contributed by atoms with Crippen LogP contribution >= 0.6 is 11.3 Å². The van der Waals surface area contributed by atoms with Crippen LogP contribution in [0.15, 0.2) is 133 Å². The van der Waals surface area contributed by atoms with Crippen LogP contribution < -0.4 is 16.2 Å². The molecular formula is C59H57BN2S. The van der Waals surface area contributed by atoms with Crippen molar-refractivity contribution in [3.63, 3.8) is 0 Å². The average molecular weight is 837 g/mol. The molecule has 11 rings (SSSR count). The summed E-state index contributed by atoms with van der Waals surface area (Å²) in [5, 5.41) is 8.06. The second kappa shape index (κ2) is 13.6. The summed E-state index contributed by atoms with van der Waals surface area (Å²) in [7, 11) is 0.843. The molecule has 0 bridgehead atoms. The number of nitrogens with one attached hydrogen (secondary N) is 1. The molecule has 1 aliphatic heterocycles. The van der Waals surface area contributed by atoms with Crippen molar-refractivity contribution in [1.82, 2.24) is 4.57 Å². The first kappa shape index (κ1) is 40.0. The number of thiophene rings is 1. The van der Waals surface area contributed by atoms with E-state index in [0.29, 0.717) is 0 Å². The van der Waals surface area contributed by atoms with Gasteiger partial charge in [0.15, 0.2) is 7.28 Å². The Hall–Kier alpha value is -5.84. The van der Waals surface area contributed by atoms with Crippen molar-refractivity contribution in [1.29, 1.82) is 0 Å². The summed E-state index contributed by atoms with van der Waals surface area (Å²) in [5.74, 6) is 0. The van der Waals surface area contributed by atoms with Gasteiger partial charge in [0, 0.05) is 53.9 Å². The van der Waals surface area contributed by atoms with E-state index >= 15 is 0 Å². The first-order valence-electron chi connectivity index (χ1n) is 22.8. The minimum Gasteiger partial charge on any atom is -0.355 e. The molecule has 0 radical (unpaired) electrons. The Morgan fingerprint density at radius 2 is 1.25 bits per heavy atom. The summed E-state index contributed by atoms with van der Waals surface area (Å²) < 4.78 is 3.99. The van der Waals surface area contributed by atoms with Gasteiger partial charge in [-0.25, -0.2) is 0 Å². The van der Waals surface area contributed by atoms with Crippen LogP contribution in [0.3, 0.4) is 0 Å². The zero-order chi connectivity index (χ0) is 44.0. The van der Waals surface area contributed by atoms with E-state index < -0.39 is 0 Å². The fourth-order valence-corrected chi connectivity index (χ4v) is 11.8. The summed E-state index contributed by atoms with van der Waals surface area (Å²) in [6, 6.07) is 51.2. The number of rotatable bonds is 4. The number of benzene rings is 7. The highest BCUT2D eigenvalue weighted by Crippen LogP contribution is 2.57. The standard InChI is InChI=1S/C59H57BN2S/c1-56(2,3)36-21-25-39(26-22-36)61-45-27-23-37(57(4,5)6)31-41(45)52-53-50(40-19-15-16-20-43(40)59(53,10)11)51-42-32-38(58(7,8)9)24-28-46(42)62-47-33-49-35(29-44(47)60-54(52)55(51)62)30-48(63-49)34-17-13-12-14-18-34/h12-33,60-61H,1-11H3. The second-order valence-corrected chi connectivity index (χ2v) is 23.0. The third kappa shape index (κ3) is 6.19. The van der Waals surface area contributed by atoms with Gasteiger partial charge >= 0.3 is 0 Å². The summed E-state index contributed by atoms with van der Waals surface area (Å²) in [6.07, 6.45) is 0. The lowest BCUT2D eigenvalue weighted by Crippen LogP contribution is -2.38. The molecule has 1 N–H and O–H groups in total. The smallest absolute Gasteiger partial charge is 0.198 e. The molecule has 63 heavy (non-hydrogen) atoms. The third-order valence-corrected chi connectivity index (χ3v) is 15.4. The number of aromatic nitrogens is 1. The molecule has 7 aromatic carbocycles. The van der Waals surface area contributed by atoms with E-state index in [2.05, 4.69) is 220 Å². The summed E-state index contributed by atoms with van der Waals surface area (Å²) in [4.78, 5) is 1.31. The van der Waals surface area contributed by atoms with Crippen molar-refractivity contribution in [3.8, 4) is 38.4 Å². The molecule has 1 aliphatic carbocycles. The molecule has 0 spiro atoms. The van der Waals surface area contributed by atoms with Gasteiger partial charge in [0.05, 0.1) is 5.52 Å². The topological polar surface area (TPSA) is 17.0 Å². The van der Waals surface area contributed by atoms with E-state index in [1.165, 1.54) is 109 Å². The Bertz CT molecular complexity index is 3340. The summed E-state index contributed by atoms with van der Waals surface area (Å²) in [6.45, 7) is 25.9. The highest BCUT2D eigenvalue weighted by atomic mass is 32.1. The molecule has 2 aliphatic rings. The van der Waals surface area contributed by atoms with E-state index in [9.17, 15) is 0 Å². The Morgan fingerprint density at radius 3 is 1.97 bits per heavy atom. The molecule has 0 saturated heterocycles. The highest BCUT2D eigenvalue weighted by Gasteiger charge is 2.43. The van der Waals surface area contributed by atoms with E-state index in [1.54, 1.807) is 0 Å². The van der Waals surface area contributed by atoms with Crippen LogP contribution in [-0.2, 0) is 21.7 Å². The molecule has 0 amide bonds. The number of nitrogens with zero attached hydrogens (tertiary/aromatic N) is 1. The zero-order valence-corrected chi connectivity index (χ0v) is 39.6. The van der Waals surface area contributed by atoms with Crippen LogP contribution in [0.4, 0.5) is 11.4 Å². The predicted molar refractivity (Wildman–Crippen MR) is 277 cm³/mol. The van der Waals surface area contributed by atoms with Crippen molar-refractivity contribution in [3.05, 3.63) is 161 Å². The Balaban J connectivity index is 1.28. The maximum atomic E-state index is 4.01. The van der Waals surface area contributed by atoms with Crippen molar-refractivity contribution in [2.45, 2.75) is 97.8 Å². The average Bonchev–Trinajstić information content (AvgIpc) is 3.88. The van der Waals surface area contributed by atoms with Gasteiger partial charge in [0.2, 0.25) is 0 Å².